The van der Waals surface area contributed by atoms with E-state index in [2.05, 4.69) is 5.16 Å². The van der Waals surface area contributed by atoms with E-state index in [4.69, 9.17) is 9.26 Å². The molecule has 2 rings (SSSR count). The summed E-state index contributed by atoms with van der Waals surface area (Å²) in [4.78, 5) is 0. The molecule has 0 atom stereocenters. The highest BCUT2D eigenvalue weighted by Crippen LogP contribution is 2.25. The first-order chi connectivity index (χ1) is 8.22. The average molecular weight is 233 g/mol. The zero-order chi connectivity index (χ0) is 12.8. The summed E-state index contributed by atoms with van der Waals surface area (Å²) in [5.74, 6) is 1.71. The summed E-state index contributed by atoms with van der Waals surface area (Å²) < 4.78 is 10.2. The molecule has 1 aromatic carbocycles. The molecule has 0 saturated carbocycles. The number of hydrogen-bond donors (Lipinski definition) is 0. The predicted molar refractivity (Wildman–Crippen MR) is 69.3 cm³/mol. The SMILES string of the molecule is CC.COc1ccc(-c2noc(C)c2C)cc1. The number of ether oxygens (including phenoxy) is 1. The quantitative estimate of drug-likeness (QED) is 0.786. The molecule has 0 bridgehead atoms. The Morgan fingerprint density at radius 1 is 1.06 bits per heavy atom. The van der Waals surface area contributed by atoms with E-state index in [1.165, 1.54) is 0 Å². The number of benzene rings is 1. The van der Waals surface area contributed by atoms with E-state index in [1.807, 2.05) is 52.0 Å². The molecule has 0 aliphatic rings. The minimum Gasteiger partial charge on any atom is -0.497 e. The minimum absolute atomic E-state index is 0.844. The van der Waals surface area contributed by atoms with E-state index < -0.39 is 0 Å². The van der Waals surface area contributed by atoms with E-state index in [0.717, 1.165) is 28.3 Å². The normalized spacial score (nSPS) is 9.47. The van der Waals surface area contributed by atoms with Crippen LogP contribution in [0.15, 0.2) is 28.8 Å². The van der Waals surface area contributed by atoms with Crippen molar-refractivity contribution in [3.05, 3.63) is 35.6 Å². The molecule has 0 radical (unpaired) electrons. The van der Waals surface area contributed by atoms with Crippen molar-refractivity contribution in [1.82, 2.24) is 5.16 Å². The van der Waals surface area contributed by atoms with Crippen molar-refractivity contribution in [2.75, 3.05) is 7.11 Å². The molecule has 3 nitrogen and oxygen atoms in total. The van der Waals surface area contributed by atoms with Gasteiger partial charge in [0.1, 0.15) is 17.2 Å². The van der Waals surface area contributed by atoms with Crippen LogP contribution in [0, 0.1) is 13.8 Å². The van der Waals surface area contributed by atoms with Crippen LogP contribution in [-0.2, 0) is 0 Å². The molecular formula is C14H19NO2. The third-order valence-corrected chi connectivity index (χ3v) is 2.52. The maximum atomic E-state index is 5.13. The lowest BCUT2D eigenvalue weighted by Gasteiger charge is -2.00. The zero-order valence-electron chi connectivity index (χ0n) is 11.1. The molecule has 0 unspecified atom stereocenters. The monoisotopic (exact) mass is 233 g/mol. The van der Waals surface area contributed by atoms with Crippen molar-refractivity contribution in [2.24, 2.45) is 0 Å². The molecule has 17 heavy (non-hydrogen) atoms. The summed E-state index contributed by atoms with van der Waals surface area (Å²) in [5.41, 5.74) is 3.03. The number of aromatic nitrogens is 1. The van der Waals surface area contributed by atoms with Gasteiger partial charge in [0.05, 0.1) is 7.11 Å². The van der Waals surface area contributed by atoms with Crippen molar-refractivity contribution < 1.29 is 9.26 Å². The lowest BCUT2D eigenvalue weighted by molar-refractivity contribution is 0.398. The maximum absolute atomic E-state index is 5.13. The van der Waals surface area contributed by atoms with Crippen molar-refractivity contribution in [1.29, 1.82) is 0 Å². The number of rotatable bonds is 2. The van der Waals surface area contributed by atoms with Crippen LogP contribution in [-0.4, -0.2) is 12.3 Å². The molecule has 0 aliphatic carbocycles. The van der Waals surface area contributed by atoms with Gasteiger partial charge in [-0.15, -0.1) is 0 Å². The van der Waals surface area contributed by atoms with Crippen LogP contribution in [0.25, 0.3) is 11.3 Å². The first-order valence-electron chi connectivity index (χ1n) is 5.79. The average Bonchev–Trinajstić information content (AvgIpc) is 2.73. The van der Waals surface area contributed by atoms with Gasteiger partial charge in [0.25, 0.3) is 0 Å². The van der Waals surface area contributed by atoms with E-state index in [9.17, 15) is 0 Å². The van der Waals surface area contributed by atoms with Crippen molar-refractivity contribution in [2.45, 2.75) is 27.7 Å². The Bertz CT molecular complexity index is 458. The minimum atomic E-state index is 0.844. The van der Waals surface area contributed by atoms with Gasteiger partial charge in [-0.05, 0) is 38.1 Å². The van der Waals surface area contributed by atoms with Crippen LogP contribution in [0.3, 0.4) is 0 Å². The molecule has 92 valence electrons. The van der Waals surface area contributed by atoms with Gasteiger partial charge in [-0.25, -0.2) is 0 Å². The highest BCUT2D eigenvalue weighted by molar-refractivity contribution is 5.63. The smallest absolute Gasteiger partial charge is 0.137 e. The zero-order valence-corrected chi connectivity index (χ0v) is 11.1. The largest absolute Gasteiger partial charge is 0.497 e. The molecule has 1 aromatic heterocycles. The fourth-order valence-electron chi connectivity index (χ4n) is 1.44. The van der Waals surface area contributed by atoms with Crippen LogP contribution in [0.5, 0.6) is 5.75 Å². The fraction of sp³-hybridized carbons (Fsp3) is 0.357. The highest BCUT2D eigenvalue weighted by Gasteiger charge is 2.09. The maximum Gasteiger partial charge on any atom is 0.137 e. The Kier molecular flexibility index (Phi) is 4.76. The standard InChI is InChI=1S/C12H13NO2.C2H6/c1-8-9(2)15-13-12(8)10-4-6-11(14-3)7-5-10;1-2/h4-7H,1-3H3;1-2H3. The lowest BCUT2D eigenvalue weighted by Crippen LogP contribution is -1.84. The van der Waals surface area contributed by atoms with Gasteiger partial charge in [0.2, 0.25) is 0 Å². The van der Waals surface area contributed by atoms with E-state index in [-0.39, 0.29) is 0 Å². The molecular weight excluding hydrogens is 214 g/mol. The predicted octanol–water partition coefficient (Wildman–Crippen LogP) is 3.99. The molecule has 3 heteroatoms. The Morgan fingerprint density at radius 3 is 2.06 bits per heavy atom. The third kappa shape index (κ3) is 2.87. The van der Waals surface area contributed by atoms with Crippen LogP contribution in [0.2, 0.25) is 0 Å². The Balaban J connectivity index is 0.000000686. The summed E-state index contributed by atoms with van der Waals surface area (Å²) in [6, 6.07) is 7.78. The topological polar surface area (TPSA) is 35.3 Å². The van der Waals surface area contributed by atoms with Gasteiger partial charge in [0, 0.05) is 11.1 Å². The van der Waals surface area contributed by atoms with Crippen LogP contribution >= 0.6 is 0 Å². The summed E-state index contributed by atoms with van der Waals surface area (Å²) in [7, 11) is 1.65. The van der Waals surface area contributed by atoms with E-state index in [1.54, 1.807) is 7.11 Å². The molecule has 0 amide bonds. The summed E-state index contributed by atoms with van der Waals surface area (Å²) in [5, 5.41) is 4.03. The molecule has 0 N–H and O–H groups in total. The second-order valence-corrected chi connectivity index (χ2v) is 3.44. The highest BCUT2D eigenvalue weighted by atomic mass is 16.5. The first-order valence-corrected chi connectivity index (χ1v) is 5.79. The Morgan fingerprint density at radius 2 is 1.65 bits per heavy atom. The third-order valence-electron chi connectivity index (χ3n) is 2.52. The second-order valence-electron chi connectivity index (χ2n) is 3.44. The van der Waals surface area contributed by atoms with Gasteiger partial charge >= 0.3 is 0 Å². The lowest BCUT2D eigenvalue weighted by atomic mass is 10.1. The van der Waals surface area contributed by atoms with Gasteiger partial charge < -0.3 is 9.26 Å². The van der Waals surface area contributed by atoms with Crippen LogP contribution in [0.1, 0.15) is 25.2 Å². The van der Waals surface area contributed by atoms with E-state index in [0.29, 0.717) is 0 Å². The molecule has 2 aromatic rings. The number of hydrogen-bond acceptors (Lipinski definition) is 3. The first kappa shape index (κ1) is 13.3. The van der Waals surface area contributed by atoms with E-state index >= 15 is 0 Å². The summed E-state index contributed by atoms with van der Waals surface area (Å²) >= 11 is 0. The molecule has 0 spiro atoms. The molecule has 0 saturated heterocycles. The van der Waals surface area contributed by atoms with Crippen molar-refractivity contribution in [3.8, 4) is 17.0 Å². The summed E-state index contributed by atoms with van der Waals surface area (Å²) in [6.07, 6.45) is 0. The number of nitrogens with zero attached hydrogens (tertiary/aromatic N) is 1. The van der Waals surface area contributed by atoms with Crippen LogP contribution in [0.4, 0.5) is 0 Å². The molecule has 0 aliphatic heterocycles. The number of methoxy groups -OCH3 is 1. The fourth-order valence-corrected chi connectivity index (χ4v) is 1.44. The van der Waals surface area contributed by atoms with Gasteiger partial charge in [-0.3, -0.25) is 0 Å². The molecule has 1 heterocycles. The number of aryl methyl sites for hydroxylation is 1. The van der Waals surface area contributed by atoms with Crippen molar-refractivity contribution in [3.63, 3.8) is 0 Å². The van der Waals surface area contributed by atoms with Gasteiger partial charge in [-0.1, -0.05) is 19.0 Å². The van der Waals surface area contributed by atoms with Crippen LogP contribution < -0.4 is 4.74 Å². The Labute approximate surface area is 102 Å². The Hall–Kier alpha value is -1.77. The second kappa shape index (κ2) is 6.09. The molecule has 0 fully saturated rings. The summed E-state index contributed by atoms with van der Waals surface area (Å²) in [6.45, 7) is 7.92. The van der Waals surface area contributed by atoms with Gasteiger partial charge in [0.15, 0.2) is 0 Å². The van der Waals surface area contributed by atoms with Crippen molar-refractivity contribution >= 4 is 0 Å². The van der Waals surface area contributed by atoms with Gasteiger partial charge in [-0.2, -0.15) is 0 Å².